The largest absolute Gasteiger partial charge is 0.369 e. The molecule has 7 nitrogen and oxygen atoms in total. The lowest BCUT2D eigenvalue weighted by Crippen LogP contribution is -2.40. The molecule has 0 saturated carbocycles. The second kappa shape index (κ2) is 6.16. The van der Waals surface area contributed by atoms with Gasteiger partial charge in [0.2, 0.25) is 0 Å². The first-order chi connectivity index (χ1) is 8.83. The Balaban J connectivity index is 2.95. The van der Waals surface area contributed by atoms with E-state index in [9.17, 15) is 13.2 Å². The highest BCUT2D eigenvalue weighted by Crippen LogP contribution is 2.18. The van der Waals surface area contributed by atoms with E-state index >= 15 is 0 Å². The molecule has 1 atom stereocenters. The summed E-state index contributed by atoms with van der Waals surface area (Å²) in [5, 5.41) is 3.55. The summed E-state index contributed by atoms with van der Waals surface area (Å²) in [6, 6.07) is 0. The average molecular weight is 290 g/mol. The van der Waals surface area contributed by atoms with E-state index in [0.717, 1.165) is 0 Å². The average Bonchev–Trinajstić information content (AvgIpc) is 2.65. The molecule has 0 fully saturated rings. The number of nitrogens with zero attached hydrogens (tertiary/aromatic N) is 1. The number of hydrogen-bond donors (Lipinski definition) is 1. The molecule has 0 saturated heterocycles. The fourth-order valence-electron chi connectivity index (χ4n) is 1.69. The van der Waals surface area contributed by atoms with Crippen molar-refractivity contribution in [2.75, 3.05) is 6.61 Å². The van der Waals surface area contributed by atoms with Gasteiger partial charge in [0, 0.05) is 6.61 Å². The number of hydrogen-bond acceptors (Lipinski definition) is 6. The summed E-state index contributed by atoms with van der Waals surface area (Å²) in [4.78, 5) is 11.7. The molecule has 1 N–H and O–H groups in total. The molecule has 0 aliphatic carbocycles. The summed E-state index contributed by atoms with van der Waals surface area (Å²) in [6.45, 7) is 6.77. The predicted molar refractivity (Wildman–Crippen MR) is 67.0 cm³/mol. The quantitative estimate of drug-likeness (QED) is 0.836. The van der Waals surface area contributed by atoms with Crippen LogP contribution in [0.5, 0.6) is 0 Å². The molecule has 0 spiro atoms. The Morgan fingerprint density at radius 3 is 2.47 bits per heavy atom. The summed E-state index contributed by atoms with van der Waals surface area (Å²) in [5.41, 5.74) is 0.210. The Kier molecular flexibility index (Phi) is 5.07. The van der Waals surface area contributed by atoms with Crippen LogP contribution in [0.25, 0.3) is 0 Å². The molecule has 108 valence electrons. The van der Waals surface area contributed by atoms with Gasteiger partial charge in [0.25, 0.3) is 15.9 Å². The minimum absolute atomic E-state index is 0.104. The van der Waals surface area contributed by atoms with Crippen LogP contribution in [0, 0.1) is 13.8 Å². The van der Waals surface area contributed by atoms with Crippen LogP contribution in [0.15, 0.2) is 9.42 Å². The van der Waals surface area contributed by atoms with Crippen LogP contribution in [0.4, 0.5) is 0 Å². The third-order valence-electron chi connectivity index (χ3n) is 2.50. The molecule has 0 aliphatic rings. The fourth-order valence-corrected chi connectivity index (χ4v) is 3.03. The van der Waals surface area contributed by atoms with Crippen molar-refractivity contribution in [2.45, 2.75) is 45.1 Å². The molecule has 1 amide bonds. The number of amides is 1. The van der Waals surface area contributed by atoms with Crippen molar-refractivity contribution in [2.24, 2.45) is 0 Å². The van der Waals surface area contributed by atoms with E-state index in [0.29, 0.717) is 13.0 Å². The van der Waals surface area contributed by atoms with Crippen LogP contribution >= 0.6 is 0 Å². The predicted octanol–water partition coefficient (Wildman–Crippen LogP) is 0.911. The standard InChI is InChI=1S/C11H18N2O5S/c1-5-9(17-6-2)11(14)13-19(15,16)10-7(3)12-18-8(10)4/h9H,5-6H2,1-4H3,(H,13,14)/t9-/m0/s1. The Labute approximate surface area is 112 Å². The summed E-state index contributed by atoms with van der Waals surface area (Å²) in [7, 11) is -3.99. The van der Waals surface area contributed by atoms with Crippen molar-refractivity contribution in [3.05, 3.63) is 11.5 Å². The maximum absolute atomic E-state index is 12.1. The van der Waals surface area contributed by atoms with Crippen molar-refractivity contribution in [3.63, 3.8) is 0 Å². The number of aryl methyl sites for hydroxylation is 2. The van der Waals surface area contributed by atoms with Crippen molar-refractivity contribution in [3.8, 4) is 0 Å². The van der Waals surface area contributed by atoms with E-state index in [-0.39, 0.29) is 16.3 Å². The number of rotatable bonds is 6. The van der Waals surface area contributed by atoms with Crippen molar-refractivity contribution >= 4 is 15.9 Å². The van der Waals surface area contributed by atoms with E-state index < -0.39 is 22.0 Å². The molecule has 1 heterocycles. The zero-order chi connectivity index (χ0) is 14.6. The van der Waals surface area contributed by atoms with E-state index in [1.165, 1.54) is 13.8 Å². The number of ether oxygens (including phenoxy) is 1. The highest BCUT2D eigenvalue weighted by Gasteiger charge is 2.28. The maximum Gasteiger partial charge on any atom is 0.269 e. The first-order valence-electron chi connectivity index (χ1n) is 5.94. The van der Waals surface area contributed by atoms with Crippen LogP contribution in [0.2, 0.25) is 0 Å². The van der Waals surface area contributed by atoms with E-state index in [4.69, 9.17) is 9.26 Å². The lowest BCUT2D eigenvalue weighted by atomic mass is 10.3. The van der Waals surface area contributed by atoms with Gasteiger partial charge in [-0.25, -0.2) is 13.1 Å². The highest BCUT2D eigenvalue weighted by molar-refractivity contribution is 7.90. The summed E-state index contributed by atoms with van der Waals surface area (Å²) in [5.74, 6) is -0.549. The molecule has 0 radical (unpaired) electrons. The molecule has 1 rings (SSSR count). The van der Waals surface area contributed by atoms with Crippen molar-refractivity contribution in [1.29, 1.82) is 0 Å². The highest BCUT2D eigenvalue weighted by atomic mass is 32.2. The molecule has 1 aromatic rings. The number of carbonyl (C=O) groups is 1. The van der Waals surface area contributed by atoms with Gasteiger partial charge < -0.3 is 9.26 Å². The molecule has 19 heavy (non-hydrogen) atoms. The monoisotopic (exact) mass is 290 g/mol. The van der Waals surface area contributed by atoms with Gasteiger partial charge in [0.15, 0.2) is 10.7 Å². The van der Waals surface area contributed by atoms with Crippen molar-refractivity contribution in [1.82, 2.24) is 9.88 Å². The third kappa shape index (κ3) is 3.54. The number of aromatic nitrogens is 1. The smallest absolute Gasteiger partial charge is 0.269 e. The topological polar surface area (TPSA) is 98.5 Å². The van der Waals surface area contributed by atoms with Gasteiger partial charge in [-0.15, -0.1) is 0 Å². The van der Waals surface area contributed by atoms with Crippen LogP contribution in [-0.4, -0.2) is 32.2 Å². The molecule has 0 bridgehead atoms. The zero-order valence-corrected chi connectivity index (χ0v) is 12.2. The Hall–Kier alpha value is -1.41. The molecule has 8 heteroatoms. The van der Waals surface area contributed by atoms with Crippen LogP contribution in [0.1, 0.15) is 31.7 Å². The maximum atomic E-state index is 12.1. The van der Waals surface area contributed by atoms with Gasteiger partial charge in [0.1, 0.15) is 11.8 Å². The molecule has 0 aromatic carbocycles. The van der Waals surface area contributed by atoms with E-state index in [2.05, 4.69) is 5.16 Å². The molecular weight excluding hydrogens is 272 g/mol. The zero-order valence-electron chi connectivity index (χ0n) is 11.4. The van der Waals surface area contributed by atoms with Gasteiger partial charge >= 0.3 is 0 Å². The van der Waals surface area contributed by atoms with E-state index in [1.54, 1.807) is 13.8 Å². The van der Waals surface area contributed by atoms with Crippen LogP contribution in [-0.2, 0) is 19.6 Å². The Morgan fingerprint density at radius 2 is 2.05 bits per heavy atom. The number of nitrogens with one attached hydrogen (secondary N) is 1. The van der Waals surface area contributed by atoms with Crippen LogP contribution < -0.4 is 4.72 Å². The minimum Gasteiger partial charge on any atom is -0.369 e. The Bertz CT molecular complexity index is 530. The SMILES string of the molecule is CCO[C@@H](CC)C(=O)NS(=O)(=O)c1c(C)noc1C. The fraction of sp³-hybridized carbons (Fsp3) is 0.636. The van der Waals surface area contributed by atoms with Gasteiger partial charge in [-0.05, 0) is 27.2 Å². The van der Waals surface area contributed by atoms with Gasteiger partial charge in [-0.3, -0.25) is 4.79 Å². The van der Waals surface area contributed by atoms with Crippen molar-refractivity contribution < 1.29 is 22.5 Å². The van der Waals surface area contributed by atoms with Gasteiger partial charge in [0.05, 0.1) is 0 Å². The second-order valence-electron chi connectivity index (χ2n) is 3.98. The summed E-state index contributed by atoms with van der Waals surface area (Å²) in [6.07, 6.45) is -0.406. The summed E-state index contributed by atoms with van der Waals surface area (Å²) >= 11 is 0. The normalized spacial score (nSPS) is 13.3. The van der Waals surface area contributed by atoms with Gasteiger partial charge in [-0.2, -0.15) is 0 Å². The van der Waals surface area contributed by atoms with Gasteiger partial charge in [-0.1, -0.05) is 12.1 Å². The molecule has 0 unspecified atom stereocenters. The summed E-state index contributed by atoms with van der Waals surface area (Å²) < 4.78 is 36.1. The van der Waals surface area contributed by atoms with Crippen LogP contribution in [0.3, 0.4) is 0 Å². The number of sulfonamides is 1. The first kappa shape index (κ1) is 15.6. The second-order valence-corrected chi connectivity index (χ2v) is 5.59. The lowest BCUT2D eigenvalue weighted by molar-refractivity contribution is -0.130. The van der Waals surface area contributed by atoms with E-state index in [1.807, 2.05) is 4.72 Å². The molecular formula is C11H18N2O5S. The lowest BCUT2D eigenvalue weighted by Gasteiger charge is -2.14. The molecule has 1 aromatic heterocycles. The first-order valence-corrected chi connectivity index (χ1v) is 7.42. The minimum atomic E-state index is -3.99. The Morgan fingerprint density at radius 1 is 1.42 bits per heavy atom. The molecule has 0 aliphatic heterocycles. The third-order valence-corrected chi connectivity index (χ3v) is 4.09. The number of carbonyl (C=O) groups excluding carboxylic acids is 1.